The summed E-state index contributed by atoms with van der Waals surface area (Å²) in [7, 11) is 0. The van der Waals surface area contributed by atoms with Crippen LogP contribution in [0.4, 0.5) is 0 Å². The maximum atomic E-state index is 9.40. The number of hydrogen-bond donors (Lipinski definition) is 0. The van der Waals surface area contributed by atoms with Crippen molar-refractivity contribution in [2.24, 2.45) is 10.8 Å². The average molecular weight is 441 g/mol. The van der Waals surface area contributed by atoms with E-state index in [2.05, 4.69) is 38.1 Å². The number of nitrogens with zero attached hydrogens (tertiary/aromatic N) is 2. The highest BCUT2D eigenvalue weighted by molar-refractivity contribution is 5.51. The van der Waals surface area contributed by atoms with Gasteiger partial charge in [0.1, 0.15) is 11.5 Å². The van der Waals surface area contributed by atoms with Crippen molar-refractivity contribution in [1.82, 2.24) is 0 Å². The van der Waals surface area contributed by atoms with Crippen LogP contribution in [0.2, 0.25) is 0 Å². The second-order valence-corrected chi connectivity index (χ2v) is 11.7. The molecule has 2 atom stereocenters. The first kappa shape index (κ1) is 21.8. The fraction of sp³-hybridized carbons (Fsp3) is 0.517. The van der Waals surface area contributed by atoms with Crippen molar-refractivity contribution in [2.75, 3.05) is 0 Å². The number of ether oxygens (including phenoxy) is 2. The number of benzene rings is 2. The fourth-order valence-corrected chi connectivity index (χ4v) is 8.72. The van der Waals surface area contributed by atoms with Crippen molar-refractivity contribution >= 4 is 0 Å². The molecule has 0 heterocycles. The van der Waals surface area contributed by atoms with Crippen LogP contribution in [-0.4, -0.2) is 0 Å². The number of hydrogen-bond acceptors (Lipinski definition) is 4. The summed E-state index contributed by atoms with van der Waals surface area (Å²) < 4.78 is 11.1. The normalized spacial score (nSPS) is 33.9. The Kier molecular flexibility index (Phi) is 4.81. The number of aryl methyl sites for hydroxylation is 2. The third-order valence-corrected chi connectivity index (χ3v) is 8.91. The molecule has 4 saturated carbocycles. The first-order chi connectivity index (χ1) is 15.7. The average Bonchev–Trinajstić information content (AvgIpc) is 2.72. The highest BCUT2D eigenvalue weighted by atomic mass is 16.5. The van der Waals surface area contributed by atoms with Crippen molar-refractivity contribution in [3.63, 3.8) is 0 Å². The topological polar surface area (TPSA) is 66.0 Å². The lowest BCUT2D eigenvalue weighted by Crippen LogP contribution is -2.63. The van der Waals surface area contributed by atoms with Crippen molar-refractivity contribution in [3.8, 4) is 24.0 Å². The van der Waals surface area contributed by atoms with E-state index in [-0.39, 0.29) is 21.7 Å². The number of nitriles is 2. The smallest absolute Gasteiger partial charge is 0.292 e. The molecule has 0 radical (unpaired) electrons. The molecule has 0 amide bonds. The van der Waals surface area contributed by atoms with Gasteiger partial charge in [0.25, 0.3) is 12.5 Å². The van der Waals surface area contributed by atoms with Crippen LogP contribution in [0.3, 0.4) is 0 Å². The molecule has 33 heavy (non-hydrogen) atoms. The molecule has 0 spiro atoms. The molecule has 0 aliphatic heterocycles. The van der Waals surface area contributed by atoms with Gasteiger partial charge in [0.15, 0.2) is 0 Å². The Balaban J connectivity index is 1.74. The SMILES string of the molecule is CCC12CC3(C)CC(c4ccc(C)cc4OC#N)(C1)CC(c1ccc(C)cc1OC#N)(C3)C2. The van der Waals surface area contributed by atoms with E-state index in [1.165, 1.54) is 17.5 Å². The summed E-state index contributed by atoms with van der Waals surface area (Å²) in [5.41, 5.74) is 4.85. The Hall–Kier alpha value is -2.98. The Bertz CT molecular complexity index is 1120. The zero-order chi connectivity index (χ0) is 23.5. The maximum absolute atomic E-state index is 9.40. The van der Waals surface area contributed by atoms with E-state index in [1.807, 2.05) is 38.5 Å². The first-order valence-corrected chi connectivity index (χ1v) is 12.0. The van der Waals surface area contributed by atoms with Crippen LogP contribution >= 0.6 is 0 Å². The fourth-order valence-electron chi connectivity index (χ4n) is 8.72. The standard InChI is InChI=1S/C29H32N2O2/c1-5-27-12-26(4)13-28(15-27,22-8-6-20(2)10-24(22)32-18-30)17-29(14-26,16-27)23-9-7-21(3)11-25(23)33-19-31/h6-11H,5,12-17H2,1-4H3. The molecular weight excluding hydrogens is 408 g/mol. The van der Waals surface area contributed by atoms with Gasteiger partial charge in [0.05, 0.1) is 0 Å². The molecule has 4 fully saturated rings. The van der Waals surface area contributed by atoms with E-state index in [0.29, 0.717) is 11.5 Å². The first-order valence-electron chi connectivity index (χ1n) is 12.0. The quantitative estimate of drug-likeness (QED) is 0.470. The maximum Gasteiger partial charge on any atom is 0.292 e. The van der Waals surface area contributed by atoms with Gasteiger partial charge >= 0.3 is 0 Å². The van der Waals surface area contributed by atoms with Gasteiger partial charge in [-0.2, -0.15) is 0 Å². The van der Waals surface area contributed by atoms with Gasteiger partial charge in [-0.05, 0) is 86.5 Å². The molecule has 170 valence electrons. The zero-order valence-corrected chi connectivity index (χ0v) is 20.1. The molecule has 2 unspecified atom stereocenters. The highest BCUT2D eigenvalue weighted by Gasteiger charge is 2.67. The van der Waals surface area contributed by atoms with Crippen LogP contribution < -0.4 is 9.47 Å². The lowest BCUT2D eigenvalue weighted by molar-refractivity contribution is -0.136. The van der Waals surface area contributed by atoms with Gasteiger partial charge in [-0.3, -0.25) is 0 Å². The van der Waals surface area contributed by atoms with Gasteiger partial charge in [0.2, 0.25) is 0 Å². The van der Waals surface area contributed by atoms with Crippen LogP contribution in [0, 0.1) is 47.7 Å². The Labute approximate surface area is 197 Å². The lowest BCUT2D eigenvalue weighted by Gasteiger charge is -2.70. The molecule has 2 aromatic carbocycles. The summed E-state index contributed by atoms with van der Waals surface area (Å²) in [4.78, 5) is 0. The summed E-state index contributed by atoms with van der Waals surface area (Å²) in [6.07, 6.45) is 11.7. The largest absolute Gasteiger partial charge is 0.388 e. The highest BCUT2D eigenvalue weighted by Crippen LogP contribution is 2.76. The predicted octanol–water partition coefficient (Wildman–Crippen LogP) is 6.98. The van der Waals surface area contributed by atoms with Crippen LogP contribution in [-0.2, 0) is 10.8 Å². The van der Waals surface area contributed by atoms with Gasteiger partial charge in [-0.15, -0.1) is 10.5 Å². The van der Waals surface area contributed by atoms with Crippen LogP contribution in [0.5, 0.6) is 11.5 Å². The van der Waals surface area contributed by atoms with Crippen LogP contribution in [0.15, 0.2) is 36.4 Å². The van der Waals surface area contributed by atoms with E-state index >= 15 is 0 Å². The van der Waals surface area contributed by atoms with Gasteiger partial charge < -0.3 is 9.47 Å². The molecule has 6 rings (SSSR count). The van der Waals surface area contributed by atoms with Crippen molar-refractivity contribution in [3.05, 3.63) is 58.7 Å². The van der Waals surface area contributed by atoms with Crippen molar-refractivity contribution < 1.29 is 9.47 Å². The van der Waals surface area contributed by atoms with Crippen molar-refractivity contribution in [1.29, 1.82) is 10.5 Å². The van der Waals surface area contributed by atoms with Gasteiger partial charge in [0, 0.05) is 22.0 Å². The second-order valence-electron chi connectivity index (χ2n) is 11.7. The van der Waals surface area contributed by atoms with E-state index in [4.69, 9.17) is 9.47 Å². The molecule has 4 aliphatic carbocycles. The minimum Gasteiger partial charge on any atom is -0.388 e. The molecule has 4 heteroatoms. The summed E-state index contributed by atoms with van der Waals surface area (Å²) in [5, 5.41) is 18.8. The molecule has 0 aromatic heterocycles. The minimum atomic E-state index is -0.0613. The summed E-state index contributed by atoms with van der Waals surface area (Å²) in [6.45, 7) is 8.88. The summed E-state index contributed by atoms with van der Waals surface area (Å²) >= 11 is 0. The molecule has 4 nitrogen and oxygen atoms in total. The molecular formula is C29H32N2O2. The van der Waals surface area contributed by atoms with Crippen LogP contribution in [0.25, 0.3) is 0 Å². The third-order valence-electron chi connectivity index (χ3n) is 8.91. The summed E-state index contributed by atoms with van der Waals surface area (Å²) in [5.74, 6) is 1.42. The molecule has 4 aliphatic rings. The van der Waals surface area contributed by atoms with E-state index in [1.54, 1.807) is 0 Å². The lowest BCUT2D eigenvalue weighted by atomic mass is 9.33. The molecule has 0 N–H and O–H groups in total. The van der Waals surface area contributed by atoms with E-state index in [0.717, 1.165) is 49.7 Å². The van der Waals surface area contributed by atoms with Crippen molar-refractivity contribution in [2.45, 2.75) is 83.5 Å². The molecule has 0 saturated heterocycles. The van der Waals surface area contributed by atoms with E-state index in [9.17, 15) is 10.5 Å². The monoisotopic (exact) mass is 440 g/mol. The third kappa shape index (κ3) is 3.31. The Morgan fingerprint density at radius 1 is 0.758 bits per heavy atom. The zero-order valence-electron chi connectivity index (χ0n) is 20.1. The van der Waals surface area contributed by atoms with Crippen LogP contribution in [0.1, 0.15) is 81.0 Å². The predicted molar refractivity (Wildman–Crippen MR) is 127 cm³/mol. The Morgan fingerprint density at radius 3 is 1.67 bits per heavy atom. The van der Waals surface area contributed by atoms with Gasteiger partial charge in [-0.25, -0.2) is 0 Å². The molecule has 4 bridgehead atoms. The molecule has 2 aromatic rings. The number of rotatable bonds is 5. The van der Waals surface area contributed by atoms with Gasteiger partial charge in [-0.1, -0.05) is 44.5 Å². The Morgan fingerprint density at radius 2 is 1.24 bits per heavy atom. The second kappa shape index (κ2) is 7.26. The minimum absolute atomic E-state index is 0.0613. The summed E-state index contributed by atoms with van der Waals surface area (Å²) in [6, 6.07) is 12.8. The van der Waals surface area contributed by atoms with E-state index < -0.39 is 0 Å².